The highest BCUT2D eigenvalue weighted by molar-refractivity contribution is 7.92. The Morgan fingerprint density at radius 3 is 2.60 bits per heavy atom. The molecule has 0 saturated carbocycles. The minimum absolute atomic E-state index is 0.0127. The third kappa shape index (κ3) is 3.55. The van der Waals surface area contributed by atoms with Gasteiger partial charge in [-0.1, -0.05) is 0 Å². The Kier molecular flexibility index (Phi) is 4.83. The van der Waals surface area contributed by atoms with Crippen LogP contribution in [0.1, 0.15) is 31.2 Å². The van der Waals surface area contributed by atoms with Crippen molar-refractivity contribution >= 4 is 33.0 Å². The lowest BCUT2D eigenvalue weighted by atomic mass is 9.95. The minimum atomic E-state index is -3.55. The SMILES string of the molecule is CS(=O)(=O)C1(C(=O)Nc2ccc3c(c2)CCCC(=O)N3)CCNCC1. The summed E-state index contributed by atoms with van der Waals surface area (Å²) >= 11 is 0. The Morgan fingerprint density at radius 2 is 1.92 bits per heavy atom. The molecule has 2 aliphatic rings. The molecule has 3 N–H and O–H groups in total. The Balaban J connectivity index is 1.85. The van der Waals surface area contributed by atoms with Crippen LogP contribution in [0.3, 0.4) is 0 Å². The monoisotopic (exact) mass is 365 g/mol. The Labute approximate surface area is 147 Å². The molecule has 7 nitrogen and oxygen atoms in total. The van der Waals surface area contributed by atoms with Gasteiger partial charge in [-0.2, -0.15) is 0 Å². The number of aryl methyl sites for hydroxylation is 1. The van der Waals surface area contributed by atoms with E-state index in [-0.39, 0.29) is 18.7 Å². The molecule has 0 aliphatic carbocycles. The summed E-state index contributed by atoms with van der Waals surface area (Å²) in [7, 11) is -3.55. The molecule has 0 bridgehead atoms. The van der Waals surface area contributed by atoms with Crippen molar-refractivity contribution in [2.45, 2.75) is 36.9 Å². The number of benzene rings is 1. The molecule has 8 heteroatoms. The molecular formula is C17H23N3O4S. The maximum atomic E-state index is 12.8. The molecule has 0 spiro atoms. The third-order valence-electron chi connectivity index (χ3n) is 5.02. The number of nitrogens with one attached hydrogen (secondary N) is 3. The molecule has 2 amide bonds. The number of piperidine rings is 1. The molecular weight excluding hydrogens is 342 g/mol. The fourth-order valence-corrected chi connectivity index (χ4v) is 4.83. The average Bonchev–Trinajstić information content (AvgIpc) is 2.74. The summed E-state index contributed by atoms with van der Waals surface area (Å²) in [6.07, 6.45) is 3.61. The van der Waals surface area contributed by atoms with Crippen LogP contribution >= 0.6 is 0 Å². The molecule has 1 saturated heterocycles. The van der Waals surface area contributed by atoms with E-state index in [1.807, 2.05) is 6.07 Å². The molecule has 1 aromatic carbocycles. The average molecular weight is 365 g/mol. The molecule has 0 aromatic heterocycles. The number of carbonyl (C=O) groups is 2. The van der Waals surface area contributed by atoms with Crippen molar-refractivity contribution in [1.29, 1.82) is 0 Å². The van der Waals surface area contributed by atoms with Gasteiger partial charge < -0.3 is 16.0 Å². The van der Waals surface area contributed by atoms with Gasteiger partial charge in [0.25, 0.3) is 0 Å². The van der Waals surface area contributed by atoms with Gasteiger partial charge in [-0.05, 0) is 62.5 Å². The van der Waals surface area contributed by atoms with Gasteiger partial charge in [0, 0.05) is 24.1 Å². The van der Waals surface area contributed by atoms with E-state index in [1.165, 1.54) is 0 Å². The van der Waals surface area contributed by atoms with Gasteiger partial charge in [0.1, 0.15) is 0 Å². The number of carbonyl (C=O) groups excluding carboxylic acids is 2. The smallest absolute Gasteiger partial charge is 0.245 e. The van der Waals surface area contributed by atoms with Crippen LogP contribution < -0.4 is 16.0 Å². The number of rotatable bonds is 3. The first-order valence-electron chi connectivity index (χ1n) is 8.46. The van der Waals surface area contributed by atoms with Gasteiger partial charge in [-0.15, -0.1) is 0 Å². The van der Waals surface area contributed by atoms with E-state index in [4.69, 9.17) is 0 Å². The molecule has 1 fully saturated rings. The molecule has 2 aliphatic heterocycles. The molecule has 2 heterocycles. The van der Waals surface area contributed by atoms with Gasteiger partial charge in [0.05, 0.1) is 0 Å². The summed E-state index contributed by atoms with van der Waals surface area (Å²) in [6.45, 7) is 0.993. The van der Waals surface area contributed by atoms with Crippen molar-refractivity contribution < 1.29 is 18.0 Å². The van der Waals surface area contributed by atoms with E-state index in [2.05, 4.69) is 16.0 Å². The first-order valence-corrected chi connectivity index (χ1v) is 10.4. The summed E-state index contributed by atoms with van der Waals surface area (Å²) in [5.41, 5.74) is 2.25. The van der Waals surface area contributed by atoms with E-state index in [0.29, 0.717) is 25.2 Å². The molecule has 136 valence electrons. The van der Waals surface area contributed by atoms with Crippen LogP contribution in [0.4, 0.5) is 11.4 Å². The van der Waals surface area contributed by atoms with Crippen LogP contribution in [0.15, 0.2) is 18.2 Å². The van der Waals surface area contributed by atoms with Crippen molar-refractivity contribution in [3.05, 3.63) is 23.8 Å². The summed E-state index contributed by atoms with van der Waals surface area (Å²) in [5.74, 6) is -0.490. The normalized spacial score (nSPS) is 20.1. The van der Waals surface area contributed by atoms with Crippen LogP contribution in [0.2, 0.25) is 0 Å². The lowest BCUT2D eigenvalue weighted by Crippen LogP contribution is -2.55. The lowest BCUT2D eigenvalue weighted by Gasteiger charge is -2.34. The van der Waals surface area contributed by atoms with Crippen molar-refractivity contribution in [1.82, 2.24) is 5.32 Å². The molecule has 25 heavy (non-hydrogen) atoms. The number of sulfone groups is 1. The van der Waals surface area contributed by atoms with Gasteiger partial charge in [0.15, 0.2) is 14.6 Å². The van der Waals surface area contributed by atoms with Gasteiger partial charge >= 0.3 is 0 Å². The number of fused-ring (bicyclic) bond motifs is 1. The lowest BCUT2D eigenvalue weighted by molar-refractivity contribution is -0.119. The fourth-order valence-electron chi connectivity index (χ4n) is 3.49. The van der Waals surface area contributed by atoms with Crippen LogP contribution in [0.25, 0.3) is 0 Å². The summed E-state index contributed by atoms with van der Waals surface area (Å²) in [5, 5.41) is 8.72. The van der Waals surface area contributed by atoms with Crippen LogP contribution in [0.5, 0.6) is 0 Å². The predicted molar refractivity (Wildman–Crippen MR) is 96.3 cm³/mol. The predicted octanol–water partition coefficient (Wildman–Crippen LogP) is 1.07. The standard InChI is InChI=1S/C17H23N3O4S/c1-25(23,24)17(7-9-18-10-8-17)16(22)19-13-5-6-14-12(11-13)3-2-4-15(21)20-14/h5-6,11,18H,2-4,7-10H2,1H3,(H,19,22)(H,20,21). The summed E-state index contributed by atoms with van der Waals surface area (Å²) in [6, 6.07) is 5.26. The topological polar surface area (TPSA) is 104 Å². The number of hydrogen-bond acceptors (Lipinski definition) is 5. The maximum absolute atomic E-state index is 12.8. The maximum Gasteiger partial charge on any atom is 0.245 e. The number of hydrogen-bond donors (Lipinski definition) is 3. The van der Waals surface area contributed by atoms with E-state index in [0.717, 1.165) is 30.3 Å². The number of anilines is 2. The van der Waals surface area contributed by atoms with Crippen LogP contribution in [-0.2, 0) is 25.8 Å². The number of amides is 2. The second-order valence-corrected chi connectivity index (χ2v) is 9.07. The first-order chi connectivity index (χ1) is 11.8. The summed E-state index contributed by atoms with van der Waals surface area (Å²) in [4.78, 5) is 24.5. The Morgan fingerprint density at radius 1 is 1.20 bits per heavy atom. The molecule has 0 atom stereocenters. The van der Waals surface area contributed by atoms with Crippen molar-refractivity contribution in [2.75, 3.05) is 30.0 Å². The second-order valence-electron chi connectivity index (χ2n) is 6.74. The minimum Gasteiger partial charge on any atom is -0.326 e. The highest BCUT2D eigenvalue weighted by Crippen LogP contribution is 2.31. The van der Waals surface area contributed by atoms with E-state index >= 15 is 0 Å². The van der Waals surface area contributed by atoms with Crippen molar-refractivity contribution in [3.8, 4) is 0 Å². The molecule has 1 aromatic rings. The van der Waals surface area contributed by atoms with E-state index in [9.17, 15) is 18.0 Å². The fraction of sp³-hybridized carbons (Fsp3) is 0.529. The Bertz CT molecular complexity index is 798. The van der Waals surface area contributed by atoms with E-state index < -0.39 is 20.5 Å². The quantitative estimate of drug-likeness (QED) is 0.743. The highest BCUT2D eigenvalue weighted by atomic mass is 32.2. The largest absolute Gasteiger partial charge is 0.326 e. The summed E-state index contributed by atoms with van der Waals surface area (Å²) < 4.78 is 23.2. The Hall–Kier alpha value is -1.93. The third-order valence-corrected chi connectivity index (χ3v) is 7.04. The zero-order chi connectivity index (χ0) is 18.1. The first kappa shape index (κ1) is 17.9. The van der Waals surface area contributed by atoms with Gasteiger partial charge in [-0.25, -0.2) is 8.42 Å². The van der Waals surface area contributed by atoms with Crippen LogP contribution in [-0.4, -0.2) is 44.3 Å². The highest BCUT2D eigenvalue weighted by Gasteiger charge is 2.48. The molecule has 0 unspecified atom stereocenters. The van der Waals surface area contributed by atoms with Gasteiger partial charge in [0.2, 0.25) is 11.8 Å². The van der Waals surface area contributed by atoms with Crippen molar-refractivity contribution in [2.24, 2.45) is 0 Å². The molecule has 3 rings (SSSR count). The van der Waals surface area contributed by atoms with Crippen LogP contribution in [0, 0.1) is 0 Å². The second kappa shape index (κ2) is 6.76. The molecule has 0 radical (unpaired) electrons. The zero-order valence-electron chi connectivity index (χ0n) is 14.2. The van der Waals surface area contributed by atoms with E-state index in [1.54, 1.807) is 12.1 Å². The van der Waals surface area contributed by atoms with Crippen molar-refractivity contribution in [3.63, 3.8) is 0 Å². The van der Waals surface area contributed by atoms with Gasteiger partial charge in [-0.3, -0.25) is 9.59 Å². The zero-order valence-corrected chi connectivity index (χ0v) is 15.0.